The molecule has 0 saturated heterocycles. The molecule has 1 unspecified atom stereocenters. The van der Waals surface area contributed by atoms with Gasteiger partial charge in [-0.25, -0.2) is 0 Å². The number of ether oxygens (including phenoxy) is 1. The van der Waals surface area contributed by atoms with Crippen LogP contribution in [0.15, 0.2) is 24.3 Å². The number of hydrogen-bond acceptors (Lipinski definition) is 3. The normalized spacial score (nSPS) is 12.3. The van der Waals surface area contributed by atoms with Crippen molar-refractivity contribution in [3.63, 3.8) is 0 Å². The largest absolute Gasteiger partial charge is 0.497 e. The maximum atomic E-state index is 12.6. The van der Waals surface area contributed by atoms with E-state index in [0.29, 0.717) is 19.0 Å². The molecule has 1 rings (SSSR count). The van der Waals surface area contributed by atoms with Crippen molar-refractivity contribution in [1.29, 1.82) is 0 Å². The summed E-state index contributed by atoms with van der Waals surface area (Å²) in [5, 5.41) is 0. The Balaban J connectivity index is 2.95. The third-order valence-electron chi connectivity index (χ3n) is 3.63. The second-order valence-electron chi connectivity index (χ2n) is 5.36. The molecule has 0 radical (unpaired) electrons. The number of benzene rings is 1. The van der Waals surface area contributed by atoms with E-state index in [1.54, 1.807) is 7.11 Å². The highest BCUT2D eigenvalue weighted by Crippen LogP contribution is 2.23. The van der Waals surface area contributed by atoms with Crippen molar-refractivity contribution >= 4 is 11.6 Å². The number of rotatable bonds is 7. The van der Waals surface area contributed by atoms with E-state index in [-0.39, 0.29) is 11.8 Å². The number of anilines is 1. The Morgan fingerprint density at radius 3 is 2.30 bits per heavy atom. The second-order valence-corrected chi connectivity index (χ2v) is 5.36. The fourth-order valence-corrected chi connectivity index (χ4v) is 1.91. The van der Waals surface area contributed by atoms with E-state index >= 15 is 0 Å². The molecule has 0 aliphatic heterocycles. The van der Waals surface area contributed by atoms with Gasteiger partial charge in [0.1, 0.15) is 5.75 Å². The fraction of sp³-hybridized carbons (Fsp3) is 0.562. The lowest BCUT2D eigenvalue weighted by atomic mass is 9.96. The van der Waals surface area contributed by atoms with E-state index in [2.05, 4.69) is 13.8 Å². The first kappa shape index (κ1) is 16.5. The van der Waals surface area contributed by atoms with E-state index in [4.69, 9.17) is 10.5 Å². The van der Waals surface area contributed by atoms with E-state index < -0.39 is 0 Å². The van der Waals surface area contributed by atoms with E-state index in [1.807, 2.05) is 36.1 Å². The Labute approximate surface area is 121 Å². The molecule has 0 fully saturated rings. The van der Waals surface area contributed by atoms with Gasteiger partial charge in [0.2, 0.25) is 5.91 Å². The van der Waals surface area contributed by atoms with Gasteiger partial charge in [0.05, 0.1) is 7.11 Å². The molecule has 0 aliphatic rings. The first-order valence-corrected chi connectivity index (χ1v) is 7.16. The molecule has 2 N–H and O–H groups in total. The molecule has 20 heavy (non-hydrogen) atoms. The zero-order valence-corrected chi connectivity index (χ0v) is 12.9. The number of carbonyl (C=O) groups is 1. The zero-order valence-electron chi connectivity index (χ0n) is 12.9. The molecular weight excluding hydrogens is 252 g/mol. The Bertz CT molecular complexity index is 415. The summed E-state index contributed by atoms with van der Waals surface area (Å²) in [6, 6.07) is 7.58. The molecule has 0 aromatic heterocycles. The van der Waals surface area contributed by atoms with Crippen LogP contribution < -0.4 is 15.4 Å². The maximum Gasteiger partial charge on any atom is 0.230 e. The standard InChI is InChI=1S/C16H26N2O2/c1-12(2)13(3)16(19)18(11-5-10-17)14-6-8-15(20-4)9-7-14/h6-9,12-13H,5,10-11,17H2,1-4H3. The van der Waals surface area contributed by atoms with Crippen LogP contribution in [-0.4, -0.2) is 26.1 Å². The first-order valence-electron chi connectivity index (χ1n) is 7.16. The van der Waals surface area contributed by atoms with Gasteiger partial charge < -0.3 is 15.4 Å². The highest BCUT2D eigenvalue weighted by Gasteiger charge is 2.23. The Morgan fingerprint density at radius 2 is 1.85 bits per heavy atom. The van der Waals surface area contributed by atoms with Gasteiger partial charge in [-0.05, 0) is 43.1 Å². The van der Waals surface area contributed by atoms with Gasteiger partial charge in [0.15, 0.2) is 0 Å². The van der Waals surface area contributed by atoms with E-state index in [1.165, 1.54) is 0 Å². The average molecular weight is 278 g/mol. The zero-order chi connectivity index (χ0) is 15.1. The van der Waals surface area contributed by atoms with Crippen LogP contribution in [-0.2, 0) is 4.79 Å². The van der Waals surface area contributed by atoms with Crippen molar-refractivity contribution in [1.82, 2.24) is 0 Å². The van der Waals surface area contributed by atoms with Crippen LogP contribution in [0.3, 0.4) is 0 Å². The van der Waals surface area contributed by atoms with Crippen LogP contribution in [0.1, 0.15) is 27.2 Å². The first-order chi connectivity index (χ1) is 9.51. The van der Waals surface area contributed by atoms with Crippen LogP contribution >= 0.6 is 0 Å². The molecule has 1 aromatic rings. The Morgan fingerprint density at radius 1 is 1.25 bits per heavy atom. The summed E-state index contributed by atoms with van der Waals surface area (Å²) >= 11 is 0. The van der Waals surface area contributed by atoms with E-state index in [0.717, 1.165) is 17.9 Å². The second kappa shape index (κ2) is 7.90. The fourth-order valence-electron chi connectivity index (χ4n) is 1.91. The summed E-state index contributed by atoms with van der Waals surface area (Å²) in [7, 11) is 1.63. The highest BCUT2D eigenvalue weighted by molar-refractivity contribution is 5.95. The van der Waals surface area contributed by atoms with Crippen molar-refractivity contribution in [2.75, 3.05) is 25.1 Å². The Hall–Kier alpha value is -1.55. The van der Waals surface area contributed by atoms with Crippen molar-refractivity contribution in [2.45, 2.75) is 27.2 Å². The van der Waals surface area contributed by atoms with Crippen molar-refractivity contribution in [2.24, 2.45) is 17.6 Å². The number of nitrogens with two attached hydrogens (primary N) is 1. The average Bonchev–Trinajstić information content (AvgIpc) is 2.47. The molecule has 112 valence electrons. The molecule has 0 heterocycles. The molecule has 1 amide bonds. The van der Waals surface area contributed by atoms with Crippen LogP contribution in [0.2, 0.25) is 0 Å². The monoisotopic (exact) mass is 278 g/mol. The van der Waals surface area contributed by atoms with Crippen molar-refractivity contribution in [3.05, 3.63) is 24.3 Å². The Kier molecular flexibility index (Phi) is 6.52. The van der Waals surface area contributed by atoms with Gasteiger partial charge in [0.25, 0.3) is 0 Å². The van der Waals surface area contributed by atoms with Gasteiger partial charge in [-0.1, -0.05) is 20.8 Å². The molecule has 0 aliphatic carbocycles. The topological polar surface area (TPSA) is 55.6 Å². The van der Waals surface area contributed by atoms with Gasteiger partial charge in [-0.3, -0.25) is 4.79 Å². The van der Waals surface area contributed by atoms with Crippen LogP contribution in [0.25, 0.3) is 0 Å². The number of carbonyl (C=O) groups excluding carboxylic acids is 1. The van der Waals surface area contributed by atoms with Crippen molar-refractivity contribution < 1.29 is 9.53 Å². The summed E-state index contributed by atoms with van der Waals surface area (Å²) in [4.78, 5) is 14.4. The van der Waals surface area contributed by atoms with Gasteiger partial charge >= 0.3 is 0 Å². The van der Waals surface area contributed by atoms with Crippen LogP contribution in [0.4, 0.5) is 5.69 Å². The molecule has 1 aromatic carbocycles. The molecule has 1 atom stereocenters. The van der Waals surface area contributed by atoms with E-state index in [9.17, 15) is 4.79 Å². The SMILES string of the molecule is COc1ccc(N(CCCN)C(=O)C(C)C(C)C)cc1. The maximum absolute atomic E-state index is 12.6. The smallest absolute Gasteiger partial charge is 0.230 e. The number of nitrogens with zero attached hydrogens (tertiary/aromatic N) is 1. The third kappa shape index (κ3) is 4.23. The minimum absolute atomic E-state index is 0.00474. The quantitative estimate of drug-likeness (QED) is 0.834. The lowest BCUT2D eigenvalue weighted by molar-refractivity contribution is -0.123. The number of methoxy groups -OCH3 is 1. The van der Waals surface area contributed by atoms with Crippen LogP contribution in [0, 0.1) is 11.8 Å². The van der Waals surface area contributed by atoms with Crippen LogP contribution in [0.5, 0.6) is 5.75 Å². The highest BCUT2D eigenvalue weighted by atomic mass is 16.5. The van der Waals surface area contributed by atoms with Gasteiger partial charge in [-0.15, -0.1) is 0 Å². The molecular formula is C16H26N2O2. The predicted octanol–water partition coefficient (Wildman–Crippen LogP) is 2.67. The number of hydrogen-bond donors (Lipinski definition) is 1. The summed E-state index contributed by atoms with van der Waals surface area (Å²) in [6.45, 7) is 7.34. The molecule has 0 saturated carbocycles. The molecule has 4 nitrogen and oxygen atoms in total. The summed E-state index contributed by atoms with van der Waals surface area (Å²) in [6.07, 6.45) is 0.794. The number of amides is 1. The summed E-state index contributed by atoms with van der Waals surface area (Å²) in [5.41, 5.74) is 6.48. The minimum atomic E-state index is -0.00474. The molecule has 0 spiro atoms. The lowest BCUT2D eigenvalue weighted by Gasteiger charge is -2.27. The third-order valence-corrected chi connectivity index (χ3v) is 3.63. The molecule has 0 bridgehead atoms. The van der Waals surface area contributed by atoms with Gasteiger partial charge in [0, 0.05) is 18.2 Å². The summed E-state index contributed by atoms with van der Waals surface area (Å²) in [5.74, 6) is 1.26. The minimum Gasteiger partial charge on any atom is -0.497 e. The summed E-state index contributed by atoms with van der Waals surface area (Å²) < 4.78 is 5.15. The predicted molar refractivity (Wildman–Crippen MR) is 83.0 cm³/mol. The van der Waals surface area contributed by atoms with Gasteiger partial charge in [-0.2, -0.15) is 0 Å². The lowest BCUT2D eigenvalue weighted by Crippen LogP contribution is -2.38. The van der Waals surface area contributed by atoms with Crippen molar-refractivity contribution in [3.8, 4) is 5.75 Å². The molecule has 4 heteroatoms.